The van der Waals surface area contributed by atoms with Crippen LogP contribution in [0.2, 0.25) is 0 Å². The van der Waals surface area contributed by atoms with Gasteiger partial charge in [-0.15, -0.1) is 11.8 Å². The van der Waals surface area contributed by atoms with Crippen molar-refractivity contribution in [1.82, 2.24) is 9.80 Å². The Balaban J connectivity index is 1.41. The summed E-state index contributed by atoms with van der Waals surface area (Å²) in [5.74, 6) is 2.04. The molecule has 0 amide bonds. The van der Waals surface area contributed by atoms with E-state index in [1.165, 1.54) is 62.6 Å². The minimum absolute atomic E-state index is 0.756. The zero-order valence-corrected chi connectivity index (χ0v) is 12.9. The van der Waals surface area contributed by atoms with Gasteiger partial charge in [-0.25, -0.2) is 0 Å². The van der Waals surface area contributed by atoms with E-state index in [0.29, 0.717) is 0 Å². The molecule has 3 aliphatic rings. The topological polar surface area (TPSA) is 6.48 Å². The minimum atomic E-state index is 0.756. The Labute approximate surface area is 126 Å². The lowest BCUT2D eigenvalue weighted by Crippen LogP contribution is -2.55. The second-order valence-corrected chi connectivity index (χ2v) is 7.55. The van der Waals surface area contributed by atoms with Crippen LogP contribution in [0, 0.1) is 0 Å². The largest absolute Gasteiger partial charge is 0.300 e. The highest BCUT2D eigenvalue weighted by Gasteiger charge is 2.31. The van der Waals surface area contributed by atoms with Gasteiger partial charge in [0.2, 0.25) is 0 Å². The lowest BCUT2D eigenvalue weighted by atomic mass is 9.97. The molecule has 0 radical (unpaired) electrons. The average Bonchev–Trinajstić information content (AvgIpc) is 2.91. The minimum Gasteiger partial charge on any atom is -0.300 e. The number of benzene rings is 1. The van der Waals surface area contributed by atoms with E-state index in [-0.39, 0.29) is 0 Å². The van der Waals surface area contributed by atoms with Gasteiger partial charge in [0.25, 0.3) is 0 Å². The fraction of sp³-hybridized carbons (Fsp3) is 0.647. The van der Waals surface area contributed by atoms with Crippen molar-refractivity contribution >= 4 is 11.8 Å². The summed E-state index contributed by atoms with van der Waals surface area (Å²) in [7, 11) is 0. The zero-order chi connectivity index (χ0) is 13.4. The molecule has 3 aliphatic heterocycles. The predicted octanol–water partition coefficient (Wildman–Crippen LogP) is 3.05. The monoisotopic (exact) mass is 288 g/mol. The number of piperidine rings is 1. The van der Waals surface area contributed by atoms with E-state index >= 15 is 0 Å². The molecule has 1 aromatic carbocycles. The lowest BCUT2D eigenvalue weighted by molar-refractivity contribution is 0.0474. The van der Waals surface area contributed by atoms with Crippen LogP contribution in [-0.2, 0) is 0 Å². The summed E-state index contributed by atoms with van der Waals surface area (Å²) in [6, 6.07) is 9.86. The number of thioether (sulfide) groups is 1. The standard InChI is InChI=1S/C17H24N2S/c1-2-7-17-16(6-1)14(13-20-17)11-18-9-10-19-8-4-3-5-15(19)12-18/h1-2,6-7,14-15H,3-5,8-13H2. The maximum atomic E-state index is 2.74. The first kappa shape index (κ1) is 13.2. The third-order valence-corrected chi connectivity index (χ3v) is 6.45. The molecular formula is C17H24N2S. The lowest BCUT2D eigenvalue weighted by Gasteiger charge is -2.44. The van der Waals surface area contributed by atoms with Crippen LogP contribution in [0.25, 0.3) is 0 Å². The molecule has 0 spiro atoms. The fourth-order valence-electron chi connectivity index (χ4n) is 4.08. The van der Waals surface area contributed by atoms with Crippen LogP contribution in [-0.4, -0.2) is 54.3 Å². The van der Waals surface area contributed by atoms with E-state index in [9.17, 15) is 0 Å². The summed E-state index contributed by atoms with van der Waals surface area (Å²) in [6.45, 7) is 6.50. The summed E-state index contributed by atoms with van der Waals surface area (Å²) in [4.78, 5) is 6.99. The highest BCUT2D eigenvalue weighted by molar-refractivity contribution is 7.99. The summed E-state index contributed by atoms with van der Waals surface area (Å²) in [5.41, 5.74) is 1.60. The van der Waals surface area contributed by atoms with Gasteiger partial charge in [0, 0.05) is 48.8 Å². The molecule has 0 aromatic heterocycles. The van der Waals surface area contributed by atoms with Crippen LogP contribution in [0.1, 0.15) is 30.7 Å². The molecule has 2 atom stereocenters. The molecule has 1 aromatic rings. The number of rotatable bonds is 2. The highest BCUT2D eigenvalue weighted by Crippen LogP contribution is 2.39. The van der Waals surface area contributed by atoms with Gasteiger partial charge in [-0.2, -0.15) is 0 Å². The smallest absolute Gasteiger partial charge is 0.0223 e. The zero-order valence-electron chi connectivity index (χ0n) is 12.1. The normalized spacial score (nSPS) is 31.0. The average molecular weight is 288 g/mol. The molecule has 108 valence electrons. The highest BCUT2D eigenvalue weighted by atomic mass is 32.2. The molecule has 4 rings (SSSR count). The third kappa shape index (κ3) is 2.51. The van der Waals surface area contributed by atoms with Crippen LogP contribution < -0.4 is 0 Å². The maximum Gasteiger partial charge on any atom is 0.0223 e. The molecule has 0 bridgehead atoms. The van der Waals surface area contributed by atoms with Crippen molar-refractivity contribution < 1.29 is 0 Å². The molecular weight excluding hydrogens is 264 g/mol. The van der Waals surface area contributed by atoms with Gasteiger partial charge in [0.1, 0.15) is 0 Å². The summed E-state index contributed by atoms with van der Waals surface area (Å²) < 4.78 is 0. The first-order valence-electron chi connectivity index (χ1n) is 8.08. The molecule has 2 fully saturated rings. The van der Waals surface area contributed by atoms with Crippen molar-refractivity contribution in [3.8, 4) is 0 Å². The maximum absolute atomic E-state index is 2.74. The quantitative estimate of drug-likeness (QED) is 0.826. The van der Waals surface area contributed by atoms with E-state index in [2.05, 4.69) is 45.8 Å². The summed E-state index contributed by atoms with van der Waals surface area (Å²) >= 11 is 2.05. The van der Waals surface area contributed by atoms with Gasteiger partial charge >= 0.3 is 0 Å². The number of hydrogen-bond acceptors (Lipinski definition) is 3. The van der Waals surface area contributed by atoms with Crippen LogP contribution in [0.5, 0.6) is 0 Å². The summed E-state index contributed by atoms with van der Waals surface area (Å²) in [6.07, 6.45) is 4.28. The van der Waals surface area contributed by atoms with Gasteiger partial charge in [0.05, 0.1) is 0 Å². The number of hydrogen-bond donors (Lipinski definition) is 0. The fourth-order valence-corrected chi connectivity index (χ4v) is 5.32. The Morgan fingerprint density at radius 3 is 3.05 bits per heavy atom. The van der Waals surface area contributed by atoms with Crippen molar-refractivity contribution in [2.45, 2.75) is 36.1 Å². The molecule has 2 unspecified atom stereocenters. The van der Waals surface area contributed by atoms with E-state index in [1.54, 1.807) is 5.56 Å². The van der Waals surface area contributed by atoms with Crippen molar-refractivity contribution in [2.24, 2.45) is 0 Å². The van der Waals surface area contributed by atoms with Crippen LogP contribution in [0.15, 0.2) is 29.2 Å². The Hall–Kier alpha value is -0.510. The Morgan fingerprint density at radius 1 is 1.10 bits per heavy atom. The van der Waals surface area contributed by atoms with Gasteiger partial charge in [-0.05, 0) is 31.0 Å². The van der Waals surface area contributed by atoms with E-state index in [4.69, 9.17) is 0 Å². The van der Waals surface area contributed by atoms with Crippen molar-refractivity contribution in [3.63, 3.8) is 0 Å². The Kier molecular flexibility index (Phi) is 3.76. The Bertz CT molecular complexity index is 476. The van der Waals surface area contributed by atoms with E-state index in [1.807, 2.05) is 0 Å². The van der Waals surface area contributed by atoms with Crippen molar-refractivity contribution in [1.29, 1.82) is 0 Å². The molecule has 3 heteroatoms. The van der Waals surface area contributed by atoms with Gasteiger partial charge in [0.15, 0.2) is 0 Å². The number of fused-ring (bicyclic) bond motifs is 2. The number of nitrogens with zero attached hydrogens (tertiary/aromatic N) is 2. The van der Waals surface area contributed by atoms with Crippen molar-refractivity contribution in [3.05, 3.63) is 29.8 Å². The SMILES string of the molecule is c1ccc2c(c1)SCC2CN1CCN2CCCCC2C1. The van der Waals surface area contributed by atoms with Crippen LogP contribution in [0.3, 0.4) is 0 Å². The van der Waals surface area contributed by atoms with E-state index in [0.717, 1.165) is 12.0 Å². The molecule has 2 saturated heterocycles. The Morgan fingerprint density at radius 2 is 2.05 bits per heavy atom. The van der Waals surface area contributed by atoms with Crippen molar-refractivity contribution in [2.75, 3.05) is 38.5 Å². The second kappa shape index (κ2) is 5.70. The van der Waals surface area contributed by atoms with Gasteiger partial charge in [-0.3, -0.25) is 9.80 Å². The van der Waals surface area contributed by atoms with Gasteiger partial charge < -0.3 is 0 Å². The molecule has 0 aliphatic carbocycles. The summed E-state index contributed by atoms with van der Waals surface area (Å²) in [5, 5.41) is 0. The molecule has 2 nitrogen and oxygen atoms in total. The molecule has 3 heterocycles. The molecule has 0 N–H and O–H groups in total. The molecule has 20 heavy (non-hydrogen) atoms. The number of piperazine rings is 1. The predicted molar refractivity (Wildman–Crippen MR) is 85.6 cm³/mol. The third-order valence-electron chi connectivity index (χ3n) is 5.20. The van der Waals surface area contributed by atoms with E-state index < -0.39 is 0 Å². The van der Waals surface area contributed by atoms with Crippen LogP contribution >= 0.6 is 11.8 Å². The molecule has 0 saturated carbocycles. The van der Waals surface area contributed by atoms with Crippen LogP contribution in [0.4, 0.5) is 0 Å². The first-order valence-corrected chi connectivity index (χ1v) is 9.07. The first-order chi connectivity index (χ1) is 9.90. The van der Waals surface area contributed by atoms with Gasteiger partial charge in [-0.1, -0.05) is 24.6 Å². The second-order valence-electron chi connectivity index (χ2n) is 6.49.